The summed E-state index contributed by atoms with van der Waals surface area (Å²) in [7, 11) is 3.03. The summed E-state index contributed by atoms with van der Waals surface area (Å²) in [6, 6.07) is 27.6. The van der Waals surface area contributed by atoms with Gasteiger partial charge in [0.15, 0.2) is 0 Å². The van der Waals surface area contributed by atoms with E-state index in [9.17, 15) is 9.59 Å². The summed E-state index contributed by atoms with van der Waals surface area (Å²) >= 11 is 0. The highest BCUT2D eigenvalue weighted by Crippen LogP contribution is 2.32. The predicted octanol–water partition coefficient (Wildman–Crippen LogP) is 6.03. The van der Waals surface area contributed by atoms with Crippen molar-refractivity contribution in [2.75, 3.05) is 45.3 Å². The number of fused-ring (bicyclic) bond motifs is 1. The standard InChI is InChI=1S/C35H32N4O4/c1-23-8-10-25(11-9-23)32-30(24-12-14-28(42-2)15-13-24)22-36-33(37-32)34(40)39-18-16-38(17-19-39)31-21-27-7-5-4-6-26(27)20-29(31)35(41)43-3/h4-15,20-22H,16-19H2,1-3H3. The van der Waals surface area contributed by atoms with Crippen LogP contribution in [0.15, 0.2) is 91.1 Å². The van der Waals surface area contributed by atoms with Crippen molar-refractivity contribution in [2.24, 2.45) is 0 Å². The van der Waals surface area contributed by atoms with E-state index < -0.39 is 0 Å². The Morgan fingerprint density at radius 3 is 2.09 bits per heavy atom. The van der Waals surface area contributed by atoms with E-state index in [1.165, 1.54) is 7.11 Å². The summed E-state index contributed by atoms with van der Waals surface area (Å²) in [6.45, 7) is 4.09. The Morgan fingerprint density at radius 1 is 0.791 bits per heavy atom. The van der Waals surface area contributed by atoms with Crippen molar-refractivity contribution in [1.82, 2.24) is 14.9 Å². The van der Waals surface area contributed by atoms with Gasteiger partial charge in [-0.15, -0.1) is 0 Å². The molecule has 0 spiro atoms. The molecule has 0 bridgehead atoms. The Morgan fingerprint density at radius 2 is 1.44 bits per heavy atom. The van der Waals surface area contributed by atoms with Gasteiger partial charge in [0.25, 0.3) is 5.91 Å². The summed E-state index contributed by atoms with van der Waals surface area (Å²) in [5.74, 6) is 0.311. The molecule has 6 rings (SSSR count). The molecule has 0 unspecified atom stereocenters. The molecule has 0 N–H and O–H groups in total. The lowest BCUT2D eigenvalue weighted by Crippen LogP contribution is -2.49. The lowest BCUT2D eigenvalue weighted by Gasteiger charge is -2.36. The van der Waals surface area contributed by atoms with Crippen LogP contribution in [0.1, 0.15) is 26.5 Å². The molecular weight excluding hydrogens is 540 g/mol. The zero-order valence-corrected chi connectivity index (χ0v) is 24.4. The second-order valence-electron chi connectivity index (χ2n) is 10.5. The first-order chi connectivity index (χ1) is 20.9. The van der Waals surface area contributed by atoms with Crippen molar-refractivity contribution in [3.63, 3.8) is 0 Å². The Balaban J connectivity index is 1.27. The van der Waals surface area contributed by atoms with E-state index in [-0.39, 0.29) is 17.7 Å². The summed E-state index contributed by atoms with van der Waals surface area (Å²) < 4.78 is 10.4. The number of benzene rings is 4. The minimum absolute atomic E-state index is 0.155. The first-order valence-corrected chi connectivity index (χ1v) is 14.2. The van der Waals surface area contributed by atoms with Gasteiger partial charge in [0.1, 0.15) is 5.75 Å². The number of aromatic nitrogens is 2. The monoisotopic (exact) mass is 572 g/mol. The molecule has 8 heteroatoms. The third-order valence-electron chi connectivity index (χ3n) is 7.88. The fourth-order valence-electron chi connectivity index (χ4n) is 5.45. The van der Waals surface area contributed by atoms with E-state index >= 15 is 0 Å². The molecule has 43 heavy (non-hydrogen) atoms. The zero-order chi connectivity index (χ0) is 29.9. The van der Waals surface area contributed by atoms with Gasteiger partial charge < -0.3 is 19.3 Å². The molecule has 1 fully saturated rings. The van der Waals surface area contributed by atoms with Crippen molar-refractivity contribution >= 4 is 28.3 Å². The van der Waals surface area contributed by atoms with Crippen LogP contribution >= 0.6 is 0 Å². The van der Waals surface area contributed by atoms with Crippen molar-refractivity contribution in [1.29, 1.82) is 0 Å². The Bertz CT molecular complexity index is 1790. The fraction of sp³-hybridized carbons (Fsp3) is 0.200. The second-order valence-corrected chi connectivity index (χ2v) is 10.5. The van der Waals surface area contributed by atoms with E-state index in [1.807, 2.05) is 91.9 Å². The smallest absolute Gasteiger partial charge is 0.339 e. The third kappa shape index (κ3) is 5.64. The van der Waals surface area contributed by atoms with Crippen LogP contribution < -0.4 is 9.64 Å². The van der Waals surface area contributed by atoms with Crippen LogP contribution in [0.4, 0.5) is 5.69 Å². The predicted molar refractivity (Wildman–Crippen MR) is 168 cm³/mol. The normalized spacial score (nSPS) is 13.2. The molecule has 1 amide bonds. The summed E-state index contributed by atoms with van der Waals surface area (Å²) in [6.07, 6.45) is 1.73. The van der Waals surface area contributed by atoms with Gasteiger partial charge in [-0.2, -0.15) is 0 Å². The van der Waals surface area contributed by atoms with Crippen LogP contribution in [-0.4, -0.2) is 67.1 Å². The molecule has 4 aromatic carbocycles. The van der Waals surface area contributed by atoms with Crippen molar-refractivity contribution in [3.05, 3.63) is 108 Å². The van der Waals surface area contributed by atoms with Crippen LogP contribution in [0.2, 0.25) is 0 Å². The number of nitrogens with zero attached hydrogens (tertiary/aromatic N) is 4. The van der Waals surface area contributed by atoms with Crippen LogP contribution in [0.25, 0.3) is 33.2 Å². The number of carbonyl (C=O) groups excluding carboxylic acids is 2. The van der Waals surface area contributed by atoms with E-state index in [0.29, 0.717) is 37.4 Å². The van der Waals surface area contributed by atoms with E-state index in [2.05, 4.69) is 9.88 Å². The van der Waals surface area contributed by atoms with Gasteiger partial charge in [0, 0.05) is 43.5 Å². The molecule has 0 aliphatic carbocycles. The third-order valence-corrected chi connectivity index (χ3v) is 7.88. The van der Waals surface area contributed by atoms with Gasteiger partial charge in [0.05, 0.1) is 31.2 Å². The molecule has 0 saturated carbocycles. The van der Waals surface area contributed by atoms with Gasteiger partial charge in [0.2, 0.25) is 5.82 Å². The highest BCUT2D eigenvalue weighted by molar-refractivity contribution is 6.02. The second kappa shape index (κ2) is 11.9. The first-order valence-electron chi connectivity index (χ1n) is 14.2. The fourth-order valence-corrected chi connectivity index (χ4v) is 5.45. The Labute approximate surface area is 250 Å². The number of methoxy groups -OCH3 is 2. The van der Waals surface area contributed by atoms with Crippen molar-refractivity contribution < 1.29 is 19.1 Å². The quantitative estimate of drug-likeness (QED) is 0.230. The van der Waals surface area contributed by atoms with Crippen LogP contribution in [0, 0.1) is 6.92 Å². The number of anilines is 1. The number of aryl methyl sites for hydroxylation is 1. The van der Waals surface area contributed by atoms with Crippen LogP contribution in [0.5, 0.6) is 5.75 Å². The lowest BCUT2D eigenvalue weighted by molar-refractivity contribution is 0.0600. The van der Waals surface area contributed by atoms with E-state index in [0.717, 1.165) is 44.5 Å². The maximum absolute atomic E-state index is 13.7. The molecular formula is C35H32N4O4. The number of esters is 1. The maximum atomic E-state index is 13.7. The largest absolute Gasteiger partial charge is 0.497 e. The molecule has 5 aromatic rings. The highest BCUT2D eigenvalue weighted by atomic mass is 16.5. The minimum Gasteiger partial charge on any atom is -0.497 e. The molecule has 0 radical (unpaired) electrons. The Kier molecular flexibility index (Phi) is 7.75. The van der Waals surface area contributed by atoms with Crippen LogP contribution in [0.3, 0.4) is 0 Å². The number of piperazine rings is 1. The first kappa shape index (κ1) is 27.9. The average molecular weight is 573 g/mol. The summed E-state index contributed by atoms with van der Waals surface area (Å²) in [4.78, 5) is 39.6. The van der Waals surface area contributed by atoms with Crippen molar-refractivity contribution in [2.45, 2.75) is 6.92 Å². The molecule has 8 nitrogen and oxygen atoms in total. The van der Waals surface area contributed by atoms with Crippen LogP contribution in [-0.2, 0) is 4.74 Å². The molecule has 0 atom stereocenters. The molecule has 1 saturated heterocycles. The number of amides is 1. The highest BCUT2D eigenvalue weighted by Gasteiger charge is 2.27. The minimum atomic E-state index is -0.381. The Hall–Kier alpha value is -5.24. The van der Waals surface area contributed by atoms with E-state index in [4.69, 9.17) is 14.5 Å². The lowest BCUT2D eigenvalue weighted by atomic mass is 10.00. The molecule has 216 valence electrons. The number of carbonyl (C=O) groups is 2. The number of hydrogen-bond donors (Lipinski definition) is 0. The van der Waals surface area contributed by atoms with Gasteiger partial charge >= 0.3 is 5.97 Å². The zero-order valence-electron chi connectivity index (χ0n) is 24.4. The molecule has 1 aromatic heterocycles. The molecule has 2 heterocycles. The van der Waals surface area contributed by atoms with Gasteiger partial charge in [-0.25, -0.2) is 14.8 Å². The average Bonchev–Trinajstić information content (AvgIpc) is 3.07. The number of hydrogen-bond acceptors (Lipinski definition) is 7. The number of rotatable bonds is 6. The summed E-state index contributed by atoms with van der Waals surface area (Å²) in [5.41, 5.74) is 5.82. The van der Waals surface area contributed by atoms with Crippen molar-refractivity contribution in [3.8, 4) is 28.1 Å². The SMILES string of the molecule is COC(=O)c1cc2ccccc2cc1N1CCN(C(=O)c2ncc(-c3ccc(OC)cc3)c(-c3ccc(C)cc3)n2)CC1. The van der Waals surface area contributed by atoms with Gasteiger partial charge in [-0.3, -0.25) is 4.79 Å². The maximum Gasteiger partial charge on any atom is 0.339 e. The van der Waals surface area contributed by atoms with Gasteiger partial charge in [-0.1, -0.05) is 66.2 Å². The van der Waals surface area contributed by atoms with Gasteiger partial charge in [-0.05, 0) is 47.5 Å². The summed E-state index contributed by atoms with van der Waals surface area (Å²) in [5, 5.41) is 2.01. The number of ether oxygens (including phenoxy) is 2. The van der Waals surface area contributed by atoms with E-state index in [1.54, 1.807) is 18.2 Å². The topological polar surface area (TPSA) is 84.9 Å². The molecule has 1 aliphatic heterocycles. The molecule has 1 aliphatic rings.